The minimum Gasteiger partial charge on any atom is -0.354 e. The molecule has 4 nitrogen and oxygen atoms in total. The maximum Gasteiger partial charge on any atom is 0.135 e. The van der Waals surface area contributed by atoms with Crippen molar-refractivity contribution < 1.29 is 0 Å². The summed E-state index contributed by atoms with van der Waals surface area (Å²) in [6.07, 6.45) is 6.19. The standard InChI is InChI=1S/C14H20N4/c1-2-11-12(3-1)16-13(10-4-5-10)17-14(11)18-8-6-15-7-9-18/h10,15H,1-9H2. The zero-order chi connectivity index (χ0) is 11.9. The summed E-state index contributed by atoms with van der Waals surface area (Å²) in [7, 11) is 0. The third-order valence-corrected chi connectivity index (χ3v) is 4.29. The Morgan fingerprint density at radius 2 is 1.89 bits per heavy atom. The molecule has 2 fully saturated rings. The molecule has 1 aromatic heterocycles. The monoisotopic (exact) mass is 244 g/mol. The zero-order valence-electron chi connectivity index (χ0n) is 10.8. The minimum absolute atomic E-state index is 0.664. The highest BCUT2D eigenvalue weighted by Crippen LogP contribution is 2.40. The lowest BCUT2D eigenvalue weighted by molar-refractivity contribution is 0.581. The highest BCUT2D eigenvalue weighted by Gasteiger charge is 2.31. The summed E-state index contributed by atoms with van der Waals surface area (Å²) in [5.41, 5.74) is 2.79. The van der Waals surface area contributed by atoms with Crippen molar-refractivity contribution in [2.24, 2.45) is 0 Å². The van der Waals surface area contributed by atoms with Gasteiger partial charge in [-0.2, -0.15) is 0 Å². The first kappa shape index (κ1) is 10.7. The molecular formula is C14H20N4. The lowest BCUT2D eigenvalue weighted by Gasteiger charge is -2.30. The average molecular weight is 244 g/mol. The molecule has 96 valence electrons. The van der Waals surface area contributed by atoms with Gasteiger partial charge in [-0.25, -0.2) is 9.97 Å². The van der Waals surface area contributed by atoms with Crippen LogP contribution >= 0.6 is 0 Å². The molecule has 2 heterocycles. The van der Waals surface area contributed by atoms with Gasteiger partial charge in [-0.05, 0) is 32.1 Å². The molecule has 4 heteroatoms. The van der Waals surface area contributed by atoms with Crippen LogP contribution < -0.4 is 10.2 Å². The minimum atomic E-state index is 0.664. The van der Waals surface area contributed by atoms with Gasteiger partial charge in [0.05, 0.1) is 0 Å². The van der Waals surface area contributed by atoms with Crippen molar-refractivity contribution in [1.82, 2.24) is 15.3 Å². The fourth-order valence-electron chi connectivity index (χ4n) is 3.09. The Labute approximate surface area is 108 Å². The van der Waals surface area contributed by atoms with E-state index in [-0.39, 0.29) is 0 Å². The van der Waals surface area contributed by atoms with Gasteiger partial charge in [0.15, 0.2) is 0 Å². The van der Waals surface area contributed by atoms with Gasteiger partial charge < -0.3 is 10.2 Å². The zero-order valence-corrected chi connectivity index (χ0v) is 10.8. The molecule has 1 aromatic rings. The van der Waals surface area contributed by atoms with E-state index in [4.69, 9.17) is 9.97 Å². The number of anilines is 1. The molecule has 0 amide bonds. The molecule has 1 saturated carbocycles. The molecule has 0 spiro atoms. The van der Waals surface area contributed by atoms with Crippen LogP contribution in [0.25, 0.3) is 0 Å². The van der Waals surface area contributed by atoms with Crippen LogP contribution in [0.2, 0.25) is 0 Å². The summed E-state index contributed by atoms with van der Waals surface area (Å²) in [5, 5.41) is 3.42. The molecule has 2 aliphatic carbocycles. The highest BCUT2D eigenvalue weighted by molar-refractivity contribution is 5.52. The van der Waals surface area contributed by atoms with Crippen LogP contribution in [0.1, 0.15) is 42.3 Å². The summed E-state index contributed by atoms with van der Waals surface area (Å²) in [6, 6.07) is 0. The largest absolute Gasteiger partial charge is 0.354 e. The highest BCUT2D eigenvalue weighted by atomic mass is 15.2. The Morgan fingerprint density at radius 3 is 2.67 bits per heavy atom. The quantitative estimate of drug-likeness (QED) is 0.850. The van der Waals surface area contributed by atoms with Gasteiger partial charge in [0.25, 0.3) is 0 Å². The van der Waals surface area contributed by atoms with E-state index >= 15 is 0 Å². The Hall–Kier alpha value is -1.16. The fourth-order valence-corrected chi connectivity index (χ4v) is 3.09. The number of nitrogens with zero attached hydrogens (tertiary/aromatic N) is 3. The van der Waals surface area contributed by atoms with Crippen LogP contribution in [0.5, 0.6) is 0 Å². The van der Waals surface area contributed by atoms with Gasteiger partial charge in [0, 0.05) is 43.4 Å². The van der Waals surface area contributed by atoms with Crippen molar-refractivity contribution in [2.75, 3.05) is 31.1 Å². The van der Waals surface area contributed by atoms with Crippen molar-refractivity contribution >= 4 is 5.82 Å². The predicted molar refractivity (Wildman–Crippen MR) is 71.1 cm³/mol. The summed E-state index contributed by atoms with van der Waals surface area (Å²) < 4.78 is 0. The van der Waals surface area contributed by atoms with Crippen LogP contribution in [0, 0.1) is 0 Å². The predicted octanol–water partition coefficient (Wildman–Crippen LogP) is 1.25. The molecule has 0 radical (unpaired) electrons. The van der Waals surface area contributed by atoms with Gasteiger partial charge in [-0.3, -0.25) is 0 Å². The molecule has 1 N–H and O–H groups in total. The molecule has 18 heavy (non-hydrogen) atoms. The number of aromatic nitrogens is 2. The first-order valence-corrected chi connectivity index (χ1v) is 7.27. The van der Waals surface area contributed by atoms with Crippen LogP contribution in [-0.2, 0) is 12.8 Å². The smallest absolute Gasteiger partial charge is 0.135 e. The molecule has 0 unspecified atom stereocenters. The van der Waals surface area contributed by atoms with E-state index in [1.54, 1.807) is 0 Å². The lowest BCUT2D eigenvalue weighted by Crippen LogP contribution is -2.44. The SMILES string of the molecule is C1Cc2nc(C3CC3)nc(N3CCNCC3)c2C1. The van der Waals surface area contributed by atoms with Gasteiger partial charge in [0.1, 0.15) is 11.6 Å². The maximum absolute atomic E-state index is 4.92. The van der Waals surface area contributed by atoms with E-state index in [2.05, 4.69) is 10.2 Å². The van der Waals surface area contributed by atoms with Crippen molar-refractivity contribution in [3.05, 3.63) is 17.1 Å². The summed E-state index contributed by atoms with van der Waals surface area (Å²) >= 11 is 0. The topological polar surface area (TPSA) is 41.1 Å². The number of hydrogen-bond donors (Lipinski definition) is 1. The van der Waals surface area contributed by atoms with E-state index in [9.17, 15) is 0 Å². The van der Waals surface area contributed by atoms with Crippen molar-refractivity contribution in [3.8, 4) is 0 Å². The van der Waals surface area contributed by atoms with Gasteiger partial charge in [0.2, 0.25) is 0 Å². The van der Waals surface area contributed by atoms with Crippen LogP contribution in [0.3, 0.4) is 0 Å². The first-order valence-electron chi connectivity index (χ1n) is 7.27. The molecule has 4 rings (SSSR count). The number of piperazine rings is 1. The Balaban J connectivity index is 1.74. The first-order chi connectivity index (χ1) is 8.92. The second-order valence-electron chi connectivity index (χ2n) is 5.70. The normalized spacial score (nSPS) is 23.2. The molecule has 0 aromatic carbocycles. The summed E-state index contributed by atoms with van der Waals surface area (Å²) in [5.74, 6) is 3.06. The van der Waals surface area contributed by atoms with E-state index in [0.29, 0.717) is 5.92 Å². The van der Waals surface area contributed by atoms with Crippen LogP contribution in [0.4, 0.5) is 5.82 Å². The fraction of sp³-hybridized carbons (Fsp3) is 0.714. The van der Waals surface area contributed by atoms with Crippen LogP contribution in [0.15, 0.2) is 0 Å². The Morgan fingerprint density at radius 1 is 1.06 bits per heavy atom. The van der Waals surface area contributed by atoms with E-state index in [0.717, 1.165) is 38.4 Å². The molecule has 0 bridgehead atoms. The molecule has 0 atom stereocenters. The summed E-state index contributed by atoms with van der Waals surface area (Å²) in [4.78, 5) is 12.2. The third-order valence-electron chi connectivity index (χ3n) is 4.29. The summed E-state index contributed by atoms with van der Waals surface area (Å²) in [6.45, 7) is 4.34. The molecular weight excluding hydrogens is 224 g/mol. The van der Waals surface area contributed by atoms with Crippen molar-refractivity contribution in [1.29, 1.82) is 0 Å². The van der Waals surface area contributed by atoms with E-state index in [1.807, 2.05) is 0 Å². The van der Waals surface area contributed by atoms with Gasteiger partial charge in [-0.1, -0.05) is 0 Å². The van der Waals surface area contributed by atoms with Gasteiger partial charge >= 0.3 is 0 Å². The lowest BCUT2D eigenvalue weighted by atomic mass is 10.2. The number of hydrogen-bond acceptors (Lipinski definition) is 4. The number of aryl methyl sites for hydroxylation is 1. The Kier molecular flexibility index (Phi) is 2.50. The number of rotatable bonds is 2. The van der Waals surface area contributed by atoms with Gasteiger partial charge in [-0.15, -0.1) is 0 Å². The second kappa shape index (κ2) is 4.19. The van der Waals surface area contributed by atoms with E-state index < -0.39 is 0 Å². The second-order valence-corrected chi connectivity index (χ2v) is 5.70. The molecule has 1 aliphatic heterocycles. The van der Waals surface area contributed by atoms with Crippen molar-refractivity contribution in [3.63, 3.8) is 0 Å². The maximum atomic E-state index is 4.92. The number of nitrogens with one attached hydrogen (secondary N) is 1. The third kappa shape index (κ3) is 1.79. The average Bonchev–Trinajstić information content (AvgIpc) is 3.17. The Bertz CT molecular complexity index is 461. The number of fused-ring (bicyclic) bond motifs is 1. The molecule has 1 saturated heterocycles. The van der Waals surface area contributed by atoms with Crippen LogP contribution in [-0.4, -0.2) is 36.1 Å². The van der Waals surface area contributed by atoms with Crippen molar-refractivity contribution in [2.45, 2.75) is 38.0 Å². The van der Waals surface area contributed by atoms with E-state index in [1.165, 1.54) is 42.8 Å². The molecule has 3 aliphatic rings.